The lowest BCUT2D eigenvalue weighted by atomic mass is 10.1. The largest absolute Gasteiger partial charge is 0.457 e. The SMILES string of the molecule is CCCCc1ccc(Oc2ccnc(NC)c2)cc1. The summed E-state index contributed by atoms with van der Waals surface area (Å²) in [7, 11) is 1.84. The summed E-state index contributed by atoms with van der Waals surface area (Å²) in [4.78, 5) is 4.16. The van der Waals surface area contributed by atoms with Crippen LogP contribution in [0.5, 0.6) is 11.5 Å². The van der Waals surface area contributed by atoms with Gasteiger partial charge in [-0.25, -0.2) is 4.98 Å². The number of nitrogens with zero attached hydrogens (tertiary/aromatic N) is 1. The van der Waals surface area contributed by atoms with Crippen LogP contribution in [0, 0.1) is 0 Å². The monoisotopic (exact) mass is 256 g/mol. The van der Waals surface area contributed by atoms with E-state index in [2.05, 4.69) is 29.4 Å². The van der Waals surface area contributed by atoms with Crippen molar-refractivity contribution in [2.45, 2.75) is 26.2 Å². The van der Waals surface area contributed by atoms with Crippen molar-refractivity contribution >= 4 is 5.82 Å². The lowest BCUT2D eigenvalue weighted by Gasteiger charge is -2.08. The molecule has 0 radical (unpaired) electrons. The minimum Gasteiger partial charge on any atom is -0.457 e. The van der Waals surface area contributed by atoms with Gasteiger partial charge in [0.1, 0.15) is 17.3 Å². The van der Waals surface area contributed by atoms with Crippen LogP contribution in [0.15, 0.2) is 42.6 Å². The summed E-state index contributed by atoms with van der Waals surface area (Å²) in [6.45, 7) is 2.21. The number of aryl methyl sites for hydroxylation is 1. The highest BCUT2D eigenvalue weighted by Gasteiger charge is 1.99. The van der Waals surface area contributed by atoms with E-state index in [0.717, 1.165) is 23.7 Å². The van der Waals surface area contributed by atoms with Crippen molar-refractivity contribution in [1.82, 2.24) is 4.98 Å². The van der Waals surface area contributed by atoms with Crippen molar-refractivity contribution in [3.8, 4) is 11.5 Å². The van der Waals surface area contributed by atoms with Crippen LogP contribution in [0.1, 0.15) is 25.3 Å². The molecule has 0 amide bonds. The zero-order valence-electron chi connectivity index (χ0n) is 11.5. The highest BCUT2D eigenvalue weighted by molar-refractivity contribution is 5.42. The van der Waals surface area contributed by atoms with Gasteiger partial charge in [-0.05, 0) is 36.6 Å². The van der Waals surface area contributed by atoms with Gasteiger partial charge in [0.25, 0.3) is 0 Å². The molecule has 0 fully saturated rings. The van der Waals surface area contributed by atoms with Crippen molar-refractivity contribution in [2.75, 3.05) is 12.4 Å². The van der Waals surface area contributed by atoms with E-state index in [1.165, 1.54) is 18.4 Å². The molecule has 1 aromatic heterocycles. The highest BCUT2D eigenvalue weighted by Crippen LogP contribution is 2.23. The molecule has 0 atom stereocenters. The first-order valence-corrected chi connectivity index (χ1v) is 6.72. The first-order valence-electron chi connectivity index (χ1n) is 6.72. The predicted molar refractivity (Wildman–Crippen MR) is 78.9 cm³/mol. The number of pyridine rings is 1. The molecule has 0 unspecified atom stereocenters. The fourth-order valence-corrected chi connectivity index (χ4v) is 1.85. The highest BCUT2D eigenvalue weighted by atomic mass is 16.5. The number of aromatic nitrogens is 1. The van der Waals surface area contributed by atoms with Crippen molar-refractivity contribution in [3.63, 3.8) is 0 Å². The second-order valence-electron chi connectivity index (χ2n) is 4.48. The first-order chi connectivity index (χ1) is 9.31. The Bertz CT molecular complexity index is 508. The summed E-state index contributed by atoms with van der Waals surface area (Å²) in [6, 6.07) is 12.0. The standard InChI is InChI=1S/C16H20N2O/c1-3-4-5-13-6-8-14(9-7-13)19-15-10-11-18-16(12-15)17-2/h6-12H,3-5H2,1-2H3,(H,17,18). The fraction of sp³-hybridized carbons (Fsp3) is 0.312. The summed E-state index contributed by atoms with van der Waals surface area (Å²) >= 11 is 0. The van der Waals surface area contributed by atoms with E-state index in [-0.39, 0.29) is 0 Å². The second kappa shape index (κ2) is 6.78. The minimum absolute atomic E-state index is 0.792. The molecular weight excluding hydrogens is 236 g/mol. The van der Waals surface area contributed by atoms with Crippen LogP contribution in [0.25, 0.3) is 0 Å². The number of nitrogens with one attached hydrogen (secondary N) is 1. The molecule has 0 saturated carbocycles. The summed E-state index contributed by atoms with van der Waals surface area (Å²) < 4.78 is 5.80. The Labute approximate surface area is 114 Å². The van der Waals surface area contributed by atoms with Crippen LogP contribution in [0.3, 0.4) is 0 Å². The molecular formula is C16H20N2O. The van der Waals surface area contributed by atoms with Gasteiger partial charge in [0.15, 0.2) is 0 Å². The molecule has 0 saturated heterocycles. The molecule has 3 nitrogen and oxygen atoms in total. The van der Waals surface area contributed by atoms with Gasteiger partial charge >= 0.3 is 0 Å². The number of ether oxygens (including phenoxy) is 1. The van der Waals surface area contributed by atoms with Crippen molar-refractivity contribution in [1.29, 1.82) is 0 Å². The maximum Gasteiger partial charge on any atom is 0.132 e. The van der Waals surface area contributed by atoms with Crippen LogP contribution in [0.2, 0.25) is 0 Å². The third kappa shape index (κ3) is 3.98. The topological polar surface area (TPSA) is 34.1 Å². The average molecular weight is 256 g/mol. The quantitative estimate of drug-likeness (QED) is 0.838. The smallest absolute Gasteiger partial charge is 0.132 e. The van der Waals surface area contributed by atoms with Crippen LogP contribution in [-0.4, -0.2) is 12.0 Å². The van der Waals surface area contributed by atoms with Crippen molar-refractivity contribution in [2.24, 2.45) is 0 Å². The van der Waals surface area contributed by atoms with E-state index in [9.17, 15) is 0 Å². The van der Waals surface area contributed by atoms with Crippen molar-refractivity contribution < 1.29 is 4.74 Å². The maximum atomic E-state index is 5.80. The summed E-state index contributed by atoms with van der Waals surface area (Å²) in [5, 5.41) is 2.99. The van der Waals surface area contributed by atoms with Gasteiger partial charge in [0, 0.05) is 19.3 Å². The Kier molecular flexibility index (Phi) is 4.78. The zero-order valence-corrected chi connectivity index (χ0v) is 11.5. The van der Waals surface area contributed by atoms with E-state index < -0.39 is 0 Å². The molecule has 0 bridgehead atoms. The van der Waals surface area contributed by atoms with Crippen LogP contribution < -0.4 is 10.1 Å². The van der Waals surface area contributed by atoms with E-state index in [0.29, 0.717) is 0 Å². The molecule has 1 heterocycles. The second-order valence-corrected chi connectivity index (χ2v) is 4.48. The van der Waals surface area contributed by atoms with Gasteiger partial charge < -0.3 is 10.1 Å². The summed E-state index contributed by atoms with van der Waals surface area (Å²) in [6.07, 6.45) is 5.32. The van der Waals surface area contributed by atoms with Gasteiger partial charge in [0.2, 0.25) is 0 Å². The number of unbranched alkanes of at least 4 members (excludes halogenated alkanes) is 1. The molecule has 1 aromatic carbocycles. The number of rotatable bonds is 6. The molecule has 2 aromatic rings. The molecule has 1 N–H and O–H groups in total. The van der Waals surface area contributed by atoms with E-state index in [4.69, 9.17) is 4.74 Å². The van der Waals surface area contributed by atoms with Crippen LogP contribution in [0.4, 0.5) is 5.82 Å². The Hall–Kier alpha value is -2.03. The van der Waals surface area contributed by atoms with Gasteiger partial charge in [0.05, 0.1) is 0 Å². The minimum atomic E-state index is 0.792. The molecule has 2 rings (SSSR count). The van der Waals surface area contributed by atoms with Crippen LogP contribution in [-0.2, 0) is 6.42 Å². The maximum absolute atomic E-state index is 5.80. The molecule has 100 valence electrons. The van der Waals surface area contributed by atoms with E-state index >= 15 is 0 Å². The third-order valence-corrected chi connectivity index (χ3v) is 2.97. The van der Waals surface area contributed by atoms with Gasteiger partial charge in [-0.15, -0.1) is 0 Å². The normalized spacial score (nSPS) is 10.2. The predicted octanol–water partition coefficient (Wildman–Crippen LogP) is 4.26. The summed E-state index contributed by atoms with van der Waals surface area (Å²) in [5.74, 6) is 2.45. The third-order valence-electron chi connectivity index (χ3n) is 2.97. The van der Waals surface area contributed by atoms with Gasteiger partial charge in [-0.1, -0.05) is 25.5 Å². The molecule has 0 spiro atoms. The molecule has 0 aliphatic carbocycles. The number of hydrogen-bond donors (Lipinski definition) is 1. The van der Waals surface area contributed by atoms with E-state index in [1.54, 1.807) is 6.20 Å². The van der Waals surface area contributed by atoms with Gasteiger partial charge in [-0.3, -0.25) is 0 Å². The summed E-state index contributed by atoms with van der Waals surface area (Å²) in [5.41, 5.74) is 1.36. The number of benzene rings is 1. The van der Waals surface area contributed by atoms with Gasteiger partial charge in [-0.2, -0.15) is 0 Å². The average Bonchev–Trinajstić information content (AvgIpc) is 2.47. The molecule has 3 heteroatoms. The molecule has 19 heavy (non-hydrogen) atoms. The zero-order chi connectivity index (χ0) is 13.5. The van der Waals surface area contributed by atoms with Crippen molar-refractivity contribution in [3.05, 3.63) is 48.2 Å². The number of anilines is 1. The Morgan fingerprint density at radius 1 is 1.11 bits per heavy atom. The lowest BCUT2D eigenvalue weighted by molar-refractivity contribution is 0.482. The van der Waals surface area contributed by atoms with Crippen LogP contribution >= 0.6 is 0 Å². The van der Waals surface area contributed by atoms with E-state index in [1.807, 2.05) is 31.3 Å². The fourth-order valence-electron chi connectivity index (χ4n) is 1.85. The Morgan fingerprint density at radius 2 is 1.89 bits per heavy atom. The number of hydrogen-bond acceptors (Lipinski definition) is 3. The Morgan fingerprint density at radius 3 is 2.58 bits per heavy atom. The lowest BCUT2D eigenvalue weighted by Crippen LogP contribution is -1.92. The first kappa shape index (κ1) is 13.4. The molecule has 0 aliphatic rings. The Balaban J connectivity index is 2.02. The molecule has 0 aliphatic heterocycles.